The molecule has 1 aromatic carbocycles. The Kier molecular flexibility index (Phi) is 3.66. The van der Waals surface area contributed by atoms with E-state index in [0.717, 1.165) is 10.7 Å². The zero-order chi connectivity index (χ0) is 13.2. The summed E-state index contributed by atoms with van der Waals surface area (Å²) in [5, 5.41) is 6.11. The molecule has 0 unspecified atom stereocenters. The highest BCUT2D eigenvalue weighted by Crippen LogP contribution is 2.24. The predicted molar refractivity (Wildman–Crippen MR) is 74.5 cm³/mol. The number of nitrogens with one attached hydrogen (secondary N) is 1. The molecule has 96 valence electrons. The Hall–Kier alpha value is -1.42. The van der Waals surface area contributed by atoms with Gasteiger partial charge in [-0.2, -0.15) is 0 Å². The van der Waals surface area contributed by atoms with Crippen molar-refractivity contribution in [2.45, 2.75) is 32.7 Å². The summed E-state index contributed by atoms with van der Waals surface area (Å²) in [6, 6.07) is 6.67. The van der Waals surface area contributed by atoms with E-state index in [2.05, 4.69) is 36.5 Å². The Morgan fingerprint density at radius 3 is 2.61 bits per heavy atom. The molecule has 1 aromatic heterocycles. The van der Waals surface area contributed by atoms with Crippen molar-refractivity contribution in [3.63, 3.8) is 0 Å². The van der Waals surface area contributed by atoms with E-state index in [1.54, 1.807) is 23.5 Å². The Morgan fingerprint density at radius 1 is 1.28 bits per heavy atom. The van der Waals surface area contributed by atoms with Gasteiger partial charge in [-0.25, -0.2) is 9.37 Å². The van der Waals surface area contributed by atoms with E-state index < -0.39 is 0 Å². The standard InChI is InChI=1S/C14H17FN2S/c1-14(2,3)12-9-18-13(17-12)8-16-11-7-5-4-6-10(11)15/h4-7,9,16H,8H2,1-3H3. The second-order valence-corrected chi connectivity index (χ2v) is 6.15. The van der Waals surface area contributed by atoms with Gasteiger partial charge in [0.25, 0.3) is 0 Å². The molecule has 0 bridgehead atoms. The molecule has 0 saturated heterocycles. The number of benzene rings is 1. The van der Waals surface area contributed by atoms with Gasteiger partial charge in [0, 0.05) is 10.8 Å². The highest BCUT2D eigenvalue weighted by molar-refractivity contribution is 7.09. The van der Waals surface area contributed by atoms with Crippen LogP contribution in [0.1, 0.15) is 31.5 Å². The lowest BCUT2D eigenvalue weighted by Gasteiger charge is -2.14. The molecule has 2 rings (SSSR count). The highest BCUT2D eigenvalue weighted by atomic mass is 32.1. The van der Waals surface area contributed by atoms with E-state index in [9.17, 15) is 4.39 Å². The molecule has 0 aliphatic heterocycles. The van der Waals surface area contributed by atoms with Crippen molar-refractivity contribution in [1.82, 2.24) is 4.98 Å². The molecule has 0 amide bonds. The van der Waals surface area contributed by atoms with Gasteiger partial charge < -0.3 is 5.32 Å². The fourth-order valence-electron chi connectivity index (χ4n) is 1.51. The minimum Gasteiger partial charge on any atom is -0.376 e. The molecule has 0 aliphatic rings. The molecule has 0 saturated carbocycles. The van der Waals surface area contributed by atoms with E-state index >= 15 is 0 Å². The lowest BCUT2D eigenvalue weighted by Crippen LogP contribution is -2.12. The summed E-state index contributed by atoms with van der Waals surface area (Å²) >= 11 is 1.61. The smallest absolute Gasteiger partial charge is 0.146 e. The third-order valence-electron chi connectivity index (χ3n) is 2.62. The molecular formula is C14H17FN2S. The van der Waals surface area contributed by atoms with Gasteiger partial charge in [-0.1, -0.05) is 32.9 Å². The van der Waals surface area contributed by atoms with E-state index in [0.29, 0.717) is 12.2 Å². The number of rotatable bonds is 3. The van der Waals surface area contributed by atoms with Gasteiger partial charge in [0.05, 0.1) is 17.9 Å². The van der Waals surface area contributed by atoms with Crippen molar-refractivity contribution in [3.8, 4) is 0 Å². The van der Waals surface area contributed by atoms with Crippen LogP contribution in [0.15, 0.2) is 29.6 Å². The fraction of sp³-hybridized carbons (Fsp3) is 0.357. The largest absolute Gasteiger partial charge is 0.376 e. The van der Waals surface area contributed by atoms with Crippen molar-refractivity contribution in [2.24, 2.45) is 0 Å². The van der Waals surface area contributed by atoms with Crippen LogP contribution in [0.4, 0.5) is 10.1 Å². The molecule has 1 heterocycles. The van der Waals surface area contributed by atoms with Crippen LogP contribution >= 0.6 is 11.3 Å². The number of anilines is 1. The Morgan fingerprint density at radius 2 is 2.00 bits per heavy atom. The molecule has 0 spiro atoms. The van der Waals surface area contributed by atoms with Crippen LogP contribution in [0.3, 0.4) is 0 Å². The van der Waals surface area contributed by atoms with Crippen LogP contribution in [0.5, 0.6) is 0 Å². The first-order valence-electron chi connectivity index (χ1n) is 5.90. The van der Waals surface area contributed by atoms with Gasteiger partial charge in [-0.05, 0) is 12.1 Å². The Labute approximate surface area is 111 Å². The number of halogens is 1. The molecule has 0 atom stereocenters. The third kappa shape index (κ3) is 3.07. The van der Waals surface area contributed by atoms with E-state index in [-0.39, 0.29) is 11.2 Å². The average molecular weight is 264 g/mol. The van der Waals surface area contributed by atoms with E-state index in [1.807, 2.05) is 6.07 Å². The number of hydrogen-bond acceptors (Lipinski definition) is 3. The minimum atomic E-state index is -0.231. The summed E-state index contributed by atoms with van der Waals surface area (Å²) in [5.74, 6) is -0.231. The lowest BCUT2D eigenvalue weighted by atomic mass is 9.93. The minimum absolute atomic E-state index is 0.0622. The van der Waals surface area contributed by atoms with Gasteiger partial charge >= 0.3 is 0 Å². The van der Waals surface area contributed by atoms with Crippen LogP contribution in [0.25, 0.3) is 0 Å². The normalized spacial score (nSPS) is 11.6. The first-order chi connectivity index (χ1) is 8.47. The molecule has 2 aromatic rings. The molecule has 0 aliphatic carbocycles. The van der Waals surface area contributed by atoms with E-state index in [4.69, 9.17) is 0 Å². The molecule has 4 heteroatoms. The van der Waals surface area contributed by atoms with Crippen molar-refractivity contribution in [2.75, 3.05) is 5.32 Å². The molecule has 1 N–H and O–H groups in total. The number of aromatic nitrogens is 1. The predicted octanol–water partition coefficient (Wildman–Crippen LogP) is 4.19. The average Bonchev–Trinajstić information content (AvgIpc) is 2.76. The summed E-state index contributed by atoms with van der Waals surface area (Å²) in [6.07, 6.45) is 0. The molecular weight excluding hydrogens is 247 g/mol. The monoisotopic (exact) mass is 264 g/mol. The summed E-state index contributed by atoms with van der Waals surface area (Å²) in [7, 11) is 0. The summed E-state index contributed by atoms with van der Waals surface area (Å²) in [5.41, 5.74) is 1.66. The van der Waals surface area contributed by atoms with Crippen LogP contribution in [-0.4, -0.2) is 4.98 Å². The number of nitrogens with zero attached hydrogens (tertiary/aromatic N) is 1. The van der Waals surface area contributed by atoms with Crippen molar-refractivity contribution in [3.05, 3.63) is 46.2 Å². The highest BCUT2D eigenvalue weighted by Gasteiger charge is 2.17. The van der Waals surface area contributed by atoms with Gasteiger partial charge in [-0.3, -0.25) is 0 Å². The SMILES string of the molecule is CC(C)(C)c1csc(CNc2ccccc2F)n1. The maximum absolute atomic E-state index is 13.4. The van der Waals surface area contributed by atoms with Crippen molar-refractivity contribution >= 4 is 17.0 Å². The molecule has 18 heavy (non-hydrogen) atoms. The summed E-state index contributed by atoms with van der Waals surface area (Å²) in [6.45, 7) is 6.96. The quantitative estimate of drug-likeness (QED) is 0.899. The molecule has 0 radical (unpaired) electrons. The Bertz CT molecular complexity index is 529. The van der Waals surface area contributed by atoms with E-state index in [1.165, 1.54) is 6.07 Å². The summed E-state index contributed by atoms with van der Waals surface area (Å²) < 4.78 is 13.4. The molecule has 0 fully saturated rings. The van der Waals surface area contributed by atoms with Crippen molar-refractivity contribution in [1.29, 1.82) is 0 Å². The number of hydrogen-bond donors (Lipinski definition) is 1. The number of para-hydroxylation sites is 1. The topological polar surface area (TPSA) is 24.9 Å². The van der Waals surface area contributed by atoms with Crippen molar-refractivity contribution < 1.29 is 4.39 Å². The van der Waals surface area contributed by atoms with Crippen LogP contribution < -0.4 is 5.32 Å². The molecule has 2 nitrogen and oxygen atoms in total. The lowest BCUT2D eigenvalue weighted by molar-refractivity contribution is 0.571. The van der Waals surface area contributed by atoms with Crippen LogP contribution in [0.2, 0.25) is 0 Å². The first kappa shape index (κ1) is 13.0. The van der Waals surface area contributed by atoms with Crippen LogP contribution in [-0.2, 0) is 12.0 Å². The van der Waals surface area contributed by atoms with Gasteiger partial charge in [0.15, 0.2) is 0 Å². The number of thiazole rings is 1. The third-order valence-corrected chi connectivity index (χ3v) is 3.47. The van der Waals surface area contributed by atoms with Gasteiger partial charge in [-0.15, -0.1) is 11.3 Å². The summed E-state index contributed by atoms with van der Waals surface area (Å²) in [4.78, 5) is 4.56. The second-order valence-electron chi connectivity index (χ2n) is 5.21. The van der Waals surface area contributed by atoms with Crippen LogP contribution in [0, 0.1) is 5.82 Å². The zero-order valence-corrected chi connectivity index (χ0v) is 11.6. The Balaban J connectivity index is 2.03. The van der Waals surface area contributed by atoms with Gasteiger partial charge in [0.2, 0.25) is 0 Å². The zero-order valence-electron chi connectivity index (χ0n) is 10.8. The first-order valence-corrected chi connectivity index (χ1v) is 6.78. The van der Waals surface area contributed by atoms with Gasteiger partial charge in [0.1, 0.15) is 10.8 Å². The second kappa shape index (κ2) is 5.06. The fourth-order valence-corrected chi connectivity index (χ4v) is 2.47. The maximum atomic E-state index is 13.4. The maximum Gasteiger partial charge on any atom is 0.146 e.